The minimum atomic E-state index is -0.931. The highest BCUT2D eigenvalue weighted by Gasteiger charge is 2.11. The Morgan fingerprint density at radius 2 is 1.95 bits per heavy atom. The highest BCUT2D eigenvalue weighted by atomic mass is 79.9. The maximum absolute atomic E-state index is 11.2. The average molecular weight is 415 g/mol. The third-order valence-corrected chi connectivity index (χ3v) is 4.23. The van der Waals surface area contributed by atoms with Crippen LogP contribution in [0.25, 0.3) is 0 Å². The molecule has 0 heterocycles. The molecule has 0 fully saturated rings. The highest BCUT2D eigenvalue weighted by Crippen LogP contribution is 2.34. The number of hydrogen-bond acceptors (Lipinski definition) is 3. The predicted octanol–water partition coefficient (Wildman–Crippen LogP) is 4.53. The fraction of sp³-hybridized carbons (Fsp3) is 0.133. The zero-order valence-electron chi connectivity index (χ0n) is 11.2. The standard InChI is InChI=1S/C15H13Br2NO3/c1-21-14-7-13(11(16)6-12(14)17)18-8-9-4-2-3-5-10(9)15(19)20/h2-7,18H,8H2,1H3,(H,19,20). The van der Waals surface area contributed by atoms with Crippen LogP contribution in [0.15, 0.2) is 45.3 Å². The summed E-state index contributed by atoms with van der Waals surface area (Å²) in [5, 5.41) is 12.4. The number of anilines is 1. The summed E-state index contributed by atoms with van der Waals surface area (Å²) >= 11 is 6.87. The van der Waals surface area contributed by atoms with Gasteiger partial charge in [0.15, 0.2) is 0 Å². The van der Waals surface area contributed by atoms with E-state index in [0.29, 0.717) is 17.9 Å². The Bertz CT molecular complexity index is 674. The summed E-state index contributed by atoms with van der Waals surface area (Å²) in [6.45, 7) is 0.409. The Morgan fingerprint density at radius 3 is 2.62 bits per heavy atom. The van der Waals surface area contributed by atoms with Crippen LogP contribution in [0.5, 0.6) is 5.75 Å². The third-order valence-electron chi connectivity index (χ3n) is 2.96. The third kappa shape index (κ3) is 3.77. The lowest BCUT2D eigenvalue weighted by Gasteiger charge is -2.13. The lowest BCUT2D eigenvalue weighted by atomic mass is 10.1. The minimum absolute atomic E-state index is 0.296. The quantitative estimate of drug-likeness (QED) is 0.754. The number of hydrogen-bond donors (Lipinski definition) is 2. The molecule has 0 atom stereocenters. The van der Waals surface area contributed by atoms with Crippen molar-refractivity contribution < 1.29 is 14.6 Å². The largest absolute Gasteiger partial charge is 0.495 e. The van der Waals surface area contributed by atoms with Crippen LogP contribution in [0.2, 0.25) is 0 Å². The fourth-order valence-corrected chi connectivity index (χ4v) is 3.19. The van der Waals surface area contributed by atoms with E-state index < -0.39 is 5.97 Å². The molecule has 0 saturated carbocycles. The van der Waals surface area contributed by atoms with E-state index >= 15 is 0 Å². The Balaban J connectivity index is 2.23. The summed E-state index contributed by atoms with van der Waals surface area (Å²) in [4.78, 5) is 11.2. The van der Waals surface area contributed by atoms with Gasteiger partial charge in [0.1, 0.15) is 5.75 Å². The van der Waals surface area contributed by atoms with E-state index in [1.807, 2.05) is 18.2 Å². The van der Waals surface area contributed by atoms with Crippen molar-refractivity contribution in [3.05, 3.63) is 56.5 Å². The maximum Gasteiger partial charge on any atom is 0.336 e. The van der Waals surface area contributed by atoms with Crippen molar-refractivity contribution in [2.24, 2.45) is 0 Å². The Labute approximate surface area is 139 Å². The molecule has 0 bridgehead atoms. The number of methoxy groups -OCH3 is 1. The van der Waals surface area contributed by atoms with E-state index in [9.17, 15) is 9.90 Å². The number of carboxylic acid groups (broad SMARTS) is 1. The first-order valence-electron chi connectivity index (χ1n) is 6.11. The zero-order chi connectivity index (χ0) is 15.4. The lowest BCUT2D eigenvalue weighted by molar-refractivity contribution is 0.0696. The molecule has 0 saturated heterocycles. The van der Waals surface area contributed by atoms with Gasteiger partial charge in [-0.05, 0) is 49.6 Å². The SMILES string of the molecule is COc1cc(NCc2ccccc2C(=O)O)c(Br)cc1Br. The second-order valence-electron chi connectivity index (χ2n) is 4.28. The maximum atomic E-state index is 11.2. The molecule has 2 N–H and O–H groups in total. The van der Waals surface area contributed by atoms with Crippen molar-refractivity contribution in [2.45, 2.75) is 6.54 Å². The average Bonchev–Trinajstić information content (AvgIpc) is 2.46. The molecular weight excluding hydrogens is 402 g/mol. The molecule has 0 aromatic heterocycles. The molecule has 6 heteroatoms. The normalized spacial score (nSPS) is 10.2. The van der Waals surface area contributed by atoms with Gasteiger partial charge >= 0.3 is 5.97 Å². The summed E-state index contributed by atoms with van der Waals surface area (Å²) in [6.07, 6.45) is 0. The number of nitrogens with one attached hydrogen (secondary N) is 1. The molecule has 0 radical (unpaired) electrons. The van der Waals surface area contributed by atoms with Crippen LogP contribution in [-0.4, -0.2) is 18.2 Å². The molecule has 2 rings (SSSR count). The molecule has 0 aliphatic rings. The Morgan fingerprint density at radius 1 is 1.24 bits per heavy atom. The molecule has 0 spiro atoms. The molecule has 0 aliphatic heterocycles. The van der Waals surface area contributed by atoms with E-state index in [1.165, 1.54) is 0 Å². The van der Waals surface area contributed by atoms with Crippen LogP contribution in [0.4, 0.5) is 5.69 Å². The topological polar surface area (TPSA) is 58.6 Å². The number of carboxylic acids is 1. The fourth-order valence-electron chi connectivity index (χ4n) is 1.89. The van der Waals surface area contributed by atoms with Gasteiger partial charge in [-0.2, -0.15) is 0 Å². The number of halogens is 2. The van der Waals surface area contributed by atoms with Crippen LogP contribution in [0.3, 0.4) is 0 Å². The van der Waals surface area contributed by atoms with Gasteiger partial charge in [0.25, 0.3) is 0 Å². The number of aromatic carboxylic acids is 1. The van der Waals surface area contributed by atoms with Gasteiger partial charge in [-0.1, -0.05) is 18.2 Å². The first kappa shape index (κ1) is 15.9. The first-order chi connectivity index (χ1) is 10.0. The second kappa shape index (κ2) is 6.95. The van der Waals surface area contributed by atoms with Crippen molar-refractivity contribution in [2.75, 3.05) is 12.4 Å². The van der Waals surface area contributed by atoms with E-state index in [2.05, 4.69) is 37.2 Å². The van der Waals surface area contributed by atoms with Crippen molar-refractivity contribution in [1.29, 1.82) is 0 Å². The zero-order valence-corrected chi connectivity index (χ0v) is 14.4. The van der Waals surface area contributed by atoms with Crippen molar-refractivity contribution in [1.82, 2.24) is 0 Å². The summed E-state index contributed by atoms with van der Waals surface area (Å²) < 4.78 is 6.96. The van der Waals surface area contributed by atoms with Crippen LogP contribution < -0.4 is 10.1 Å². The number of carbonyl (C=O) groups is 1. The summed E-state index contributed by atoms with van der Waals surface area (Å²) in [7, 11) is 1.59. The highest BCUT2D eigenvalue weighted by molar-refractivity contribution is 9.11. The Kier molecular flexibility index (Phi) is 5.25. The number of rotatable bonds is 5. The molecule has 110 valence electrons. The van der Waals surface area contributed by atoms with Gasteiger partial charge in [-0.25, -0.2) is 4.79 Å². The van der Waals surface area contributed by atoms with Gasteiger partial charge in [-0.3, -0.25) is 0 Å². The monoisotopic (exact) mass is 413 g/mol. The molecule has 21 heavy (non-hydrogen) atoms. The molecule has 0 aliphatic carbocycles. The molecular formula is C15H13Br2NO3. The summed E-state index contributed by atoms with van der Waals surface area (Å²) in [6, 6.07) is 10.6. The first-order valence-corrected chi connectivity index (χ1v) is 7.69. The van der Waals surface area contributed by atoms with E-state index in [4.69, 9.17) is 4.74 Å². The molecule has 0 unspecified atom stereocenters. The van der Waals surface area contributed by atoms with E-state index in [0.717, 1.165) is 20.2 Å². The molecule has 2 aromatic rings. The summed E-state index contributed by atoms with van der Waals surface area (Å²) in [5.41, 5.74) is 1.85. The van der Waals surface area contributed by atoms with Crippen molar-refractivity contribution in [3.8, 4) is 5.75 Å². The molecule has 4 nitrogen and oxygen atoms in total. The Hall–Kier alpha value is -1.53. The lowest BCUT2D eigenvalue weighted by Crippen LogP contribution is -2.07. The van der Waals surface area contributed by atoms with Crippen LogP contribution in [-0.2, 0) is 6.54 Å². The van der Waals surface area contributed by atoms with Gasteiger partial charge in [-0.15, -0.1) is 0 Å². The molecule has 0 amide bonds. The smallest absolute Gasteiger partial charge is 0.336 e. The predicted molar refractivity (Wildman–Crippen MR) is 89.1 cm³/mol. The van der Waals surface area contributed by atoms with Gasteiger partial charge in [0.2, 0.25) is 0 Å². The van der Waals surface area contributed by atoms with Crippen LogP contribution in [0.1, 0.15) is 15.9 Å². The van der Waals surface area contributed by atoms with Crippen LogP contribution >= 0.6 is 31.9 Å². The second-order valence-corrected chi connectivity index (χ2v) is 5.99. The minimum Gasteiger partial charge on any atom is -0.495 e. The van der Waals surface area contributed by atoms with Crippen molar-refractivity contribution >= 4 is 43.5 Å². The summed E-state index contributed by atoms with van der Waals surface area (Å²) in [5.74, 6) is -0.230. The van der Waals surface area contributed by atoms with E-state index in [1.54, 1.807) is 25.3 Å². The van der Waals surface area contributed by atoms with Gasteiger partial charge in [0.05, 0.1) is 22.8 Å². The van der Waals surface area contributed by atoms with Crippen molar-refractivity contribution in [3.63, 3.8) is 0 Å². The molecule has 2 aromatic carbocycles. The van der Waals surface area contributed by atoms with Gasteiger partial charge < -0.3 is 15.2 Å². The number of ether oxygens (including phenoxy) is 1. The van der Waals surface area contributed by atoms with Crippen LogP contribution in [0, 0.1) is 0 Å². The number of benzene rings is 2. The van der Waals surface area contributed by atoms with Gasteiger partial charge in [0, 0.05) is 17.1 Å². The van der Waals surface area contributed by atoms with E-state index in [-0.39, 0.29) is 0 Å².